The van der Waals surface area contributed by atoms with Crippen LogP contribution in [0.4, 0.5) is 5.69 Å². The maximum atomic E-state index is 10.6. The minimum atomic E-state index is -0.578. The lowest BCUT2D eigenvalue weighted by molar-refractivity contribution is -0.385. The van der Waals surface area contributed by atoms with Gasteiger partial charge in [0.15, 0.2) is 12.0 Å². The van der Waals surface area contributed by atoms with Gasteiger partial charge in [0.05, 0.1) is 12.0 Å². The molecule has 0 saturated heterocycles. The molecular weight excluding hydrogens is 186 g/mol. The number of aldehydes is 1. The summed E-state index contributed by atoms with van der Waals surface area (Å²) >= 11 is 0. The van der Waals surface area contributed by atoms with Gasteiger partial charge in [-0.25, -0.2) is 0 Å². The molecule has 5 heteroatoms. The van der Waals surface area contributed by atoms with Crippen LogP contribution in [-0.2, 0) is 0 Å². The highest BCUT2D eigenvalue weighted by atomic mass is 16.6. The number of benzene rings is 1. The van der Waals surface area contributed by atoms with Crippen molar-refractivity contribution in [2.24, 2.45) is 0 Å². The van der Waals surface area contributed by atoms with Crippen LogP contribution < -0.4 is 4.74 Å². The number of hydrogen-bond acceptors (Lipinski definition) is 4. The number of hydrogen-bond donors (Lipinski definition) is 0. The standard InChI is InChI=1S/C9H9NO4/c1-6-3-9(14-2)8(10(12)13)4-7(6)5-11/h3-5H,1-2H3. The Morgan fingerprint density at radius 1 is 1.50 bits per heavy atom. The predicted molar refractivity (Wildman–Crippen MR) is 49.8 cm³/mol. The van der Waals surface area contributed by atoms with Crippen molar-refractivity contribution in [1.29, 1.82) is 0 Å². The van der Waals surface area contributed by atoms with E-state index < -0.39 is 4.92 Å². The predicted octanol–water partition coefficient (Wildman–Crippen LogP) is 1.72. The number of rotatable bonds is 3. The second-order valence-electron chi connectivity index (χ2n) is 2.76. The maximum Gasteiger partial charge on any atom is 0.311 e. The first-order chi connectivity index (χ1) is 6.60. The Bertz CT molecular complexity index is 387. The van der Waals surface area contributed by atoms with Crippen molar-refractivity contribution in [1.82, 2.24) is 0 Å². The molecule has 5 nitrogen and oxygen atoms in total. The molecule has 0 heterocycles. The van der Waals surface area contributed by atoms with E-state index in [0.717, 1.165) is 0 Å². The summed E-state index contributed by atoms with van der Waals surface area (Å²) in [7, 11) is 1.35. The molecule has 0 radical (unpaired) electrons. The Morgan fingerprint density at radius 3 is 2.57 bits per heavy atom. The molecule has 1 aromatic rings. The summed E-state index contributed by atoms with van der Waals surface area (Å²) in [5.74, 6) is 0.165. The van der Waals surface area contributed by atoms with Gasteiger partial charge in [0.1, 0.15) is 0 Å². The van der Waals surface area contributed by atoms with Crippen LogP contribution in [0.2, 0.25) is 0 Å². The summed E-state index contributed by atoms with van der Waals surface area (Å²) in [6, 6.07) is 2.68. The first-order valence-electron chi connectivity index (χ1n) is 3.88. The third-order valence-electron chi connectivity index (χ3n) is 1.89. The van der Waals surface area contributed by atoms with Crippen molar-refractivity contribution in [2.45, 2.75) is 6.92 Å². The van der Waals surface area contributed by atoms with Crippen LogP contribution in [-0.4, -0.2) is 18.3 Å². The third kappa shape index (κ3) is 1.71. The number of aryl methyl sites for hydroxylation is 1. The fraction of sp³-hybridized carbons (Fsp3) is 0.222. The van der Waals surface area contributed by atoms with Crippen molar-refractivity contribution in [3.63, 3.8) is 0 Å². The smallest absolute Gasteiger partial charge is 0.311 e. The third-order valence-corrected chi connectivity index (χ3v) is 1.89. The molecule has 0 aliphatic heterocycles. The van der Waals surface area contributed by atoms with Gasteiger partial charge in [0, 0.05) is 11.6 Å². The van der Waals surface area contributed by atoms with E-state index in [1.54, 1.807) is 6.92 Å². The first kappa shape index (κ1) is 10.2. The van der Waals surface area contributed by atoms with E-state index in [4.69, 9.17) is 4.74 Å². The van der Waals surface area contributed by atoms with Crippen LogP contribution >= 0.6 is 0 Å². The zero-order valence-corrected chi connectivity index (χ0v) is 7.81. The SMILES string of the molecule is COc1cc(C)c(C=O)cc1[N+](=O)[O-]. The van der Waals surface area contributed by atoms with Gasteiger partial charge in [-0.15, -0.1) is 0 Å². The Balaban J connectivity index is 3.39. The second kappa shape index (κ2) is 3.87. The first-order valence-corrected chi connectivity index (χ1v) is 3.88. The van der Waals surface area contributed by atoms with E-state index in [-0.39, 0.29) is 11.4 Å². The molecule has 1 rings (SSSR count). The molecule has 0 bridgehead atoms. The summed E-state index contributed by atoms with van der Waals surface area (Å²) in [5, 5.41) is 10.6. The normalized spacial score (nSPS) is 9.57. The van der Waals surface area contributed by atoms with Gasteiger partial charge < -0.3 is 4.74 Å². The number of nitro benzene ring substituents is 1. The van der Waals surface area contributed by atoms with Crippen molar-refractivity contribution in [3.8, 4) is 5.75 Å². The summed E-state index contributed by atoms with van der Waals surface area (Å²) < 4.78 is 4.83. The minimum Gasteiger partial charge on any atom is -0.490 e. The van der Waals surface area contributed by atoms with Gasteiger partial charge in [-0.2, -0.15) is 0 Å². The zero-order chi connectivity index (χ0) is 10.7. The molecule has 1 aromatic carbocycles. The number of carbonyl (C=O) groups is 1. The highest BCUT2D eigenvalue weighted by molar-refractivity contribution is 5.79. The Kier molecular flexibility index (Phi) is 2.81. The second-order valence-corrected chi connectivity index (χ2v) is 2.76. The Hall–Kier alpha value is -1.91. The monoisotopic (exact) mass is 195 g/mol. The van der Waals surface area contributed by atoms with E-state index >= 15 is 0 Å². The van der Waals surface area contributed by atoms with Crippen LogP contribution in [0.1, 0.15) is 15.9 Å². The van der Waals surface area contributed by atoms with Gasteiger partial charge >= 0.3 is 5.69 Å². The van der Waals surface area contributed by atoms with E-state index in [1.807, 2.05) is 0 Å². The average Bonchev–Trinajstić information content (AvgIpc) is 2.16. The molecule has 0 aliphatic carbocycles. The van der Waals surface area contributed by atoms with Gasteiger partial charge in [-0.05, 0) is 18.6 Å². The molecule has 14 heavy (non-hydrogen) atoms. The summed E-state index contributed by atoms with van der Waals surface area (Å²) in [6.45, 7) is 1.69. The molecule has 0 fully saturated rings. The lowest BCUT2D eigenvalue weighted by atomic mass is 10.1. The van der Waals surface area contributed by atoms with Crippen LogP contribution in [0.5, 0.6) is 5.75 Å². The number of ether oxygens (including phenoxy) is 1. The molecule has 0 aliphatic rings. The minimum absolute atomic E-state index is 0.165. The molecule has 0 atom stereocenters. The fourth-order valence-corrected chi connectivity index (χ4v) is 1.12. The highest BCUT2D eigenvalue weighted by Gasteiger charge is 2.16. The van der Waals surface area contributed by atoms with Crippen molar-refractivity contribution in [3.05, 3.63) is 33.4 Å². The van der Waals surface area contributed by atoms with E-state index in [9.17, 15) is 14.9 Å². The number of carbonyl (C=O) groups excluding carboxylic acids is 1. The average molecular weight is 195 g/mol. The highest BCUT2D eigenvalue weighted by Crippen LogP contribution is 2.29. The number of nitrogens with zero attached hydrogens (tertiary/aromatic N) is 1. The van der Waals surface area contributed by atoms with Gasteiger partial charge in [0.25, 0.3) is 0 Å². The lowest BCUT2D eigenvalue weighted by Gasteiger charge is -2.04. The van der Waals surface area contributed by atoms with Crippen LogP contribution in [0, 0.1) is 17.0 Å². The van der Waals surface area contributed by atoms with Crippen LogP contribution in [0.25, 0.3) is 0 Å². The van der Waals surface area contributed by atoms with Crippen molar-refractivity contribution >= 4 is 12.0 Å². The van der Waals surface area contributed by atoms with Gasteiger partial charge in [-0.1, -0.05) is 0 Å². The number of nitro groups is 1. The molecule has 0 saturated carbocycles. The van der Waals surface area contributed by atoms with Crippen LogP contribution in [0.3, 0.4) is 0 Å². The topological polar surface area (TPSA) is 69.4 Å². The van der Waals surface area contributed by atoms with Crippen LogP contribution in [0.15, 0.2) is 12.1 Å². The van der Waals surface area contributed by atoms with E-state index in [2.05, 4.69) is 0 Å². The molecule has 0 spiro atoms. The van der Waals surface area contributed by atoms with E-state index in [0.29, 0.717) is 17.4 Å². The Morgan fingerprint density at radius 2 is 2.14 bits per heavy atom. The number of methoxy groups -OCH3 is 1. The quantitative estimate of drug-likeness (QED) is 0.418. The lowest BCUT2D eigenvalue weighted by Crippen LogP contribution is -1.97. The fourth-order valence-electron chi connectivity index (χ4n) is 1.12. The van der Waals surface area contributed by atoms with E-state index in [1.165, 1.54) is 19.2 Å². The van der Waals surface area contributed by atoms with Crippen molar-refractivity contribution < 1.29 is 14.5 Å². The summed E-state index contributed by atoms with van der Waals surface area (Å²) in [6.07, 6.45) is 0.585. The molecule has 74 valence electrons. The summed E-state index contributed by atoms with van der Waals surface area (Å²) in [4.78, 5) is 20.5. The Labute approximate surface area is 80.5 Å². The van der Waals surface area contributed by atoms with Gasteiger partial charge in [-0.3, -0.25) is 14.9 Å². The maximum absolute atomic E-state index is 10.6. The van der Waals surface area contributed by atoms with Gasteiger partial charge in [0.2, 0.25) is 0 Å². The largest absolute Gasteiger partial charge is 0.490 e. The molecule has 0 aromatic heterocycles. The zero-order valence-electron chi connectivity index (χ0n) is 7.81. The van der Waals surface area contributed by atoms with Crippen molar-refractivity contribution in [2.75, 3.05) is 7.11 Å². The molecule has 0 amide bonds. The molecule has 0 unspecified atom stereocenters. The summed E-state index contributed by atoms with van der Waals surface area (Å²) in [5.41, 5.74) is 0.764. The molecule has 0 N–H and O–H groups in total. The molecular formula is C9H9NO4.